The summed E-state index contributed by atoms with van der Waals surface area (Å²) in [7, 11) is 0. The van der Waals surface area contributed by atoms with Gasteiger partial charge in [-0.15, -0.1) is 0 Å². The van der Waals surface area contributed by atoms with Crippen LogP contribution >= 0.6 is 11.6 Å². The molecule has 0 fully saturated rings. The van der Waals surface area contributed by atoms with Gasteiger partial charge in [-0.2, -0.15) is 0 Å². The molecule has 1 aromatic carbocycles. The molecule has 0 saturated carbocycles. The molecule has 0 aliphatic rings. The van der Waals surface area contributed by atoms with Crippen LogP contribution in [-0.4, -0.2) is 4.98 Å². The fourth-order valence-corrected chi connectivity index (χ4v) is 2.33. The molecule has 2 aromatic heterocycles. The number of pyridine rings is 1. The van der Waals surface area contributed by atoms with Crippen LogP contribution in [0.2, 0.25) is 5.02 Å². The summed E-state index contributed by atoms with van der Waals surface area (Å²) in [5, 5.41) is 0.698. The van der Waals surface area contributed by atoms with Crippen molar-refractivity contribution in [3.63, 3.8) is 0 Å². The van der Waals surface area contributed by atoms with Crippen LogP contribution in [0, 0.1) is 12.7 Å². The minimum absolute atomic E-state index is 0.0336. The summed E-state index contributed by atoms with van der Waals surface area (Å²) in [5.41, 5.74) is 14.6. The molecule has 0 bridgehead atoms. The van der Waals surface area contributed by atoms with Gasteiger partial charge in [-0.3, -0.25) is 4.98 Å². The first kappa shape index (κ1) is 12.7. The van der Waals surface area contributed by atoms with Crippen LogP contribution in [0.25, 0.3) is 22.1 Å². The Bertz CT molecular complexity index is 829. The smallest absolute Gasteiger partial charge is 0.214 e. The van der Waals surface area contributed by atoms with Crippen LogP contribution in [0.4, 0.5) is 16.0 Å². The predicted octanol–water partition coefficient (Wildman–Crippen LogP) is 3.76. The molecule has 4 N–H and O–H groups in total. The Morgan fingerprint density at radius 2 is 2.05 bits per heavy atom. The lowest BCUT2D eigenvalue weighted by Crippen LogP contribution is -1.92. The van der Waals surface area contributed by atoms with Crippen molar-refractivity contribution in [2.24, 2.45) is 0 Å². The largest absolute Gasteiger partial charge is 0.437 e. The van der Waals surface area contributed by atoms with Gasteiger partial charge in [0.15, 0.2) is 5.58 Å². The van der Waals surface area contributed by atoms with Gasteiger partial charge in [-0.1, -0.05) is 17.7 Å². The van der Waals surface area contributed by atoms with E-state index in [1.807, 2.05) is 0 Å². The number of anilines is 2. The first-order valence-corrected chi connectivity index (χ1v) is 6.25. The SMILES string of the molecule is Cc1ncc(-c2ccc(F)c(Cl)c2)c2c(N)c(N)oc12. The van der Waals surface area contributed by atoms with E-state index in [1.165, 1.54) is 12.1 Å². The van der Waals surface area contributed by atoms with Gasteiger partial charge in [0.25, 0.3) is 0 Å². The summed E-state index contributed by atoms with van der Waals surface area (Å²) < 4.78 is 18.7. The maximum Gasteiger partial charge on any atom is 0.214 e. The van der Waals surface area contributed by atoms with Gasteiger partial charge in [0.2, 0.25) is 5.88 Å². The summed E-state index contributed by atoms with van der Waals surface area (Å²) in [6.45, 7) is 1.80. The number of aromatic nitrogens is 1. The average molecular weight is 292 g/mol. The molecule has 3 rings (SSSR count). The topological polar surface area (TPSA) is 78.1 Å². The van der Waals surface area contributed by atoms with Gasteiger partial charge < -0.3 is 15.9 Å². The Labute approximate surface area is 119 Å². The zero-order valence-electron chi connectivity index (χ0n) is 10.6. The molecule has 4 nitrogen and oxygen atoms in total. The van der Waals surface area contributed by atoms with Crippen LogP contribution in [0.5, 0.6) is 0 Å². The molecule has 0 amide bonds. The van der Waals surface area contributed by atoms with E-state index in [0.717, 1.165) is 0 Å². The van der Waals surface area contributed by atoms with Gasteiger partial charge in [0.1, 0.15) is 11.5 Å². The van der Waals surface area contributed by atoms with Crippen molar-refractivity contribution in [2.75, 3.05) is 11.5 Å². The van der Waals surface area contributed by atoms with Crippen molar-refractivity contribution in [3.05, 3.63) is 40.9 Å². The summed E-state index contributed by atoms with van der Waals surface area (Å²) in [4.78, 5) is 4.25. The minimum atomic E-state index is -0.480. The third kappa shape index (κ3) is 1.78. The first-order chi connectivity index (χ1) is 9.49. The molecular formula is C14H11ClFN3O. The van der Waals surface area contributed by atoms with E-state index in [2.05, 4.69) is 4.98 Å². The van der Waals surface area contributed by atoms with E-state index in [1.54, 1.807) is 19.2 Å². The molecule has 3 aromatic rings. The number of benzene rings is 1. The first-order valence-electron chi connectivity index (χ1n) is 5.87. The normalized spacial score (nSPS) is 11.2. The van der Waals surface area contributed by atoms with Crippen LogP contribution in [-0.2, 0) is 0 Å². The second-order valence-electron chi connectivity index (χ2n) is 4.47. The summed E-state index contributed by atoms with van der Waals surface area (Å²) >= 11 is 5.82. The van der Waals surface area contributed by atoms with Gasteiger partial charge in [-0.05, 0) is 24.6 Å². The van der Waals surface area contributed by atoms with Crippen LogP contribution < -0.4 is 11.5 Å². The Hall–Kier alpha value is -2.27. The Kier molecular flexibility index (Phi) is 2.79. The molecule has 20 heavy (non-hydrogen) atoms. The number of nitrogens with zero attached hydrogens (tertiary/aromatic N) is 1. The van der Waals surface area contributed by atoms with Crippen molar-refractivity contribution in [1.29, 1.82) is 0 Å². The lowest BCUT2D eigenvalue weighted by molar-refractivity contribution is 0.628. The minimum Gasteiger partial charge on any atom is -0.437 e. The lowest BCUT2D eigenvalue weighted by Gasteiger charge is -2.06. The Balaban J connectivity index is 2.36. The van der Waals surface area contributed by atoms with Gasteiger partial charge in [0.05, 0.1) is 16.1 Å². The van der Waals surface area contributed by atoms with Gasteiger partial charge in [-0.25, -0.2) is 4.39 Å². The Morgan fingerprint density at radius 1 is 1.30 bits per heavy atom. The fourth-order valence-electron chi connectivity index (χ4n) is 2.15. The molecule has 0 unspecified atom stereocenters. The van der Waals surface area contributed by atoms with E-state index < -0.39 is 5.82 Å². The molecule has 0 radical (unpaired) electrons. The third-order valence-corrected chi connectivity index (χ3v) is 3.48. The lowest BCUT2D eigenvalue weighted by atomic mass is 10.0. The standard InChI is InChI=1S/C14H11ClFN3O/c1-6-13-11(12(17)14(18)20-13)8(5-19-6)7-2-3-10(16)9(15)4-7/h2-5H,17-18H2,1H3. The van der Waals surface area contributed by atoms with Gasteiger partial charge in [0, 0.05) is 11.8 Å². The van der Waals surface area contributed by atoms with E-state index >= 15 is 0 Å². The zero-order chi connectivity index (χ0) is 14.4. The Morgan fingerprint density at radius 3 is 2.75 bits per heavy atom. The maximum atomic E-state index is 13.3. The number of nitrogens with two attached hydrogens (primary N) is 2. The van der Waals surface area contributed by atoms with Gasteiger partial charge >= 0.3 is 0 Å². The highest BCUT2D eigenvalue weighted by Crippen LogP contribution is 2.39. The number of hydrogen-bond donors (Lipinski definition) is 2. The molecule has 0 atom stereocenters. The molecular weight excluding hydrogens is 281 g/mol. The van der Waals surface area contributed by atoms with E-state index in [4.69, 9.17) is 27.5 Å². The van der Waals surface area contributed by atoms with Crippen molar-refractivity contribution in [3.8, 4) is 11.1 Å². The molecule has 0 aliphatic heterocycles. The number of hydrogen-bond acceptors (Lipinski definition) is 4. The predicted molar refractivity (Wildman–Crippen MR) is 78.0 cm³/mol. The van der Waals surface area contributed by atoms with Crippen LogP contribution in [0.3, 0.4) is 0 Å². The summed E-state index contributed by atoms with van der Waals surface area (Å²) in [6, 6.07) is 4.42. The fraction of sp³-hybridized carbons (Fsp3) is 0.0714. The number of halogens is 2. The third-order valence-electron chi connectivity index (χ3n) is 3.19. The van der Waals surface area contributed by atoms with E-state index in [-0.39, 0.29) is 10.9 Å². The maximum absolute atomic E-state index is 13.3. The second kappa shape index (κ2) is 4.38. The van der Waals surface area contributed by atoms with Crippen molar-refractivity contribution in [2.45, 2.75) is 6.92 Å². The zero-order valence-corrected chi connectivity index (χ0v) is 11.3. The van der Waals surface area contributed by atoms with Crippen LogP contribution in [0.1, 0.15) is 5.69 Å². The quantitative estimate of drug-likeness (QED) is 0.715. The van der Waals surface area contributed by atoms with Crippen molar-refractivity contribution >= 4 is 34.1 Å². The van der Waals surface area contributed by atoms with Crippen molar-refractivity contribution in [1.82, 2.24) is 4.98 Å². The molecule has 102 valence electrons. The highest BCUT2D eigenvalue weighted by Gasteiger charge is 2.17. The average Bonchev–Trinajstić information content (AvgIpc) is 2.72. The second-order valence-corrected chi connectivity index (χ2v) is 4.88. The molecule has 0 spiro atoms. The van der Waals surface area contributed by atoms with E-state index in [0.29, 0.717) is 33.5 Å². The monoisotopic (exact) mass is 291 g/mol. The molecule has 0 aliphatic carbocycles. The molecule has 2 heterocycles. The highest BCUT2D eigenvalue weighted by atomic mass is 35.5. The summed E-state index contributed by atoms with van der Waals surface area (Å²) in [5.74, 6) is -0.336. The number of furan rings is 1. The number of fused-ring (bicyclic) bond motifs is 1. The number of aryl methyl sites for hydroxylation is 1. The number of nitrogen functional groups attached to an aromatic ring is 2. The molecule has 0 saturated heterocycles. The number of rotatable bonds is 1. The highest BCUT2D eigenvalue weighted by molar-refractivity contribution is 6.31. The van der Waals surface area contributed by atoms with E-state index in [9.17, 15) is 4.39 Å². The molecule has 6 heteroatoms. The van der Waals surface area contributed by atoms with Crippen LogP contribution in [0.15, 0.2) is 28.8 Å². The van der Waals surface area contributed by atoms with Crippen molar-refractivity contribution < 1.29 is 8.81 Å². The summed E-state index contributed by atoms with van der Waals surface area (Å²) in [6.07, 6.45) is 1.65.